The summed E-state index contributed by atoms with van der Waals surface area (Å²) in [5.74, 6) is 0.442. The summed E-state index contributed by atoms with van der Waals surface area (Å²) in [6, 6.07) is 0. The van der Waals surface area contributed by atoms with Crippen LogP contribution in [0.3, 0.4) is 0 Å². The van der Waals surface area contributed by atoms with Gasteiger partial charge in [-0.25, -0.2) is 4.79 Å². The fraction of sp³-hybridized carbons (Fsp3) is 0.889. The first-order valence-electron chi connectivity index (χ1n) is 8.50. The molecule has 0 aromatic rings. The van der Waals surface area contributed by atoms with Gasteiger partial charge >= 0.3 is 6.09 Å². The number of rotatable bonds is 9. The SMILES string of the molecule is CCCC(C)(C)C(=O)[C@@H](C)CCCCNC(=O)OC(C)(C)C. The van der Waals surface area contributed by atoms with Crippen molar-refractivity contribution in [2.75, 3.05) is 6.54 Å². The normalized spacial score (nSPS) is 13.6. The van der Waals surface area contributed by atoms with Gasteiger partial charge in [0.2, 0.25) is 0 Å². The lowest BCUT2D eigenvalue weighted by Crippen LogP contribution is -2.33. The number of ketones is 1. The van der Waals surface area contributed by atoms with E-state index in [-0.39, 0.29) is 17.4 Å². The molecule has 0 saturated carbocycles. The van der Waals surface area contributed by atoms with Crippen molar-refractivity contribution in [1.82, 2.24) is 5.32 Å². The maximum absolute atomic E-state index is 12.4. The minimum atomic E-state index is -0.462. The van der Waals surface area contributed by atoms with Crippen LogP contribution in [0.4, 0.5) is 4.79 Å². The van der Waals surface area contributed by atoms with Crippen molar-refractivity contribution in [1.29, 1.82) is 0 Å². The number of carbonyl (C=O) groups is 2. The molecule has 22 heavy (non-hydrogen) atoms. The maximum atomic E-state index is 12.4. The van der Waals surface area contributed by atoms with Gasteiger partial charge in [-0.05, 0) is 40.0 Å². The second kappa shape index (κ2) is 9.16. The number of alkyl carbamates (subject to hydrolysis) is 1. The third kappa shape index (κ3) is 9.06. The molecule has 1 N–H and O–H groups in total. The topological polar surface area (TPSA) is 55.4 Å². The third-order valence-electron chi connectivity index (χ3n) is 3.72. The van der Waals surface area contributed by atoms with Gasteiger partial charge in [0, 0.05) is 17.9 Å². The molecular weight excluding hydrogens is 278 g/mol. The molecule has 130 valence electrons. The Morgan fingerprint density at radius 2 is 1.68 bits per heavy atom. The molecule has 4 nitrogen and oxygen atoms in total. The molecule has 0 saturated heterocycles. The molecule has 0 unspecified atom stereocenters. The van der Waals surface area contributed by atoms with E-state index >= 15 is 0 Å². The van der Waals surface area contributed by atoms with Gasteiger partial charge in [0.15, 0.2) is 0 Å². The van der Waals surface area contributed by atoms with E-state index in [9.17, 15) is 9.59 Å². The van der Waals surface area contributed by atoms with Crippen molar-refractivity contribution in [2.24, 2.45) is 11.3 Å². The Kier molecular flexibility index (Phi) is 8.72. The lowest BCUT2D eigenvalue weighted by molar-refractivity contribution is -0.131. The molecule has 0 radical (unpaired) electrons. The number of carbonyl (C=O) groups excluding carboxylic acids is 2. The number of ether oxygens (including phenoxy) is 1. The van der Waals surface area contributed by atoms with Gasteiger partial charge in [-0.15, -0.1) is 0 Å². The van der Waals surface area contributed by atoms with E-state index in [4.69, 9.17) is 4.74 Å². The molecule has 1 atom stereocenters. The molecule has 0 aliphatic rings. The molecule has 0 aromatic heterocycles. The van der Waals surface area contributed by atoms with Gasteiger partial charge in [0.05, 0.1) is 0 Å². The second-order valence-corrected chi connectivity index (χ2v) is 7.82. The quantitative estimate of drug-likeness (QED) is 0.627. The van der Waals surface area contributed by atoms with Crippen LogP contribution < -0.4 is 5.32 Å². The fourth-order valence-corrected chi connectivity index (χ4v) is 2.63. The predicted octanol–water partition coefficient (Wildman–Crippen LogP) is 4.71. The highest BCUT2D eigenvalue weighted by Gasteiger charge is 2.29. The van der Waals surface area contributed by atoms with Gasteiger partial charge in [-0.1, -0.05) is 40.5 Å². The Labute approximate surface area is 136 Å². The Bertz CT molecular complexity index is 356. The molecule has 0 rings (SSSR count). The van der Waals surface area contributed by atoms with Gasteiger partial charge in [0.1, 0.15) is 11.4 Å². The number of unbranched alkanes of at least 4 members (excludes halogenated alkanes) is 1. The van der Waals surface area contributed by atoms with Crippen LogP contribution in [0.5, 0.6) is 0 Å². The van der Waals surface area contributed by atoms with E-state index in [0.29, 0.717) is 12.3 Å². The minimum Gasteiger partial charge on any atom is -0.444 e. The van der Waals surface area contributed by atoms with E-state index in [1.54, 1.807) is 0 Å². The molecule has 0 bridgehead atoms. The highest BCUT2D eigenvalue weighted by atomic mass is 16.6. The van der Waals surface area contributed by atoms with Crippen molar-refractivity contribution in [2.45, 2.75) is 86.2 Å². The standard InChI is InChI=1S/C18H35NO3/c1-8-12-18(6,7)15(20)14(2)11-9-10-13-19-16(21)22-17(3,4)5/h14H,8-13H2,1-7H3,(H,19,21)/t14-/m0/s1. The molecule has 0 spiro atoms. The Balaban J connectivity index is 3.92. The number of hydrogen-bond donors (Lipinski definition) is 1. The van der Waals surface area contributed by atoms with Gasteiger partial charge in [0.25, 0.3) is 0 Å². The molecule has 0 aliphatic heterocycles. The molecular formula is C18H35NO3. The average molecular weight is 313 g/mol. The van der Waals surface area contributed by atoms with Crippen LogP contribution >= 0.6 is 0 Å². The van der Waals surface area contributed by atoms with E-state index in [1.165, 1.54) is 0 Å². The Morgan fingerprint density at radius 3 is 2.18 bits per heavy atom. The maximum Gasteiger partial charge on any atom is 0.407 e. The summed E-state index contributed by atoms with van der Waals surface area (Å²) in [5, 5.41) is 2.75. The molecule has 0 heterocycles. The second-order valence-electron chi connectivity index (χ2n) is 7.82. The summed E-state index contributed by atoms with van der Waals surface area (Å²) >= 11 is 0. The highest BCUT2D eigenvalue weighted by Crippen LogP contribution is 2.28. The van der Waals surface area contributed by atoms with Crippen LogP contribution in [0.2, 0.25) is 0 Å². The number of amides is 1. The zero-order chi connectivity index (χ0) is 17.4. The molecule has 0 fully saturated rings. The smallest absolute Gasteiger partial charge is 0.407 e. The van der Waals surface area contributed by atoms with Crippen LogP contribution in [0.25, 0.3) is 0 Å². The summed E-state index contributed by atoms with van der Waals surface area (Å²) in [4.78, 5) is 23.9. The van der Waals surface area contributed by atoms with Crippen molar-refractivity contribution in [3.63, 3.8) is 0 Å². The van der Waals surface area contributed by atoms with Crippen LogP contribution in [-0.2, 0) is 9.53 Å². The van der Waals surface area contributed by atoms with Crippen LogP contribution in [0.1, 0.15) is 80.6 Å². The summed E-state index contributed by atoms with van der Waals surface area (Å²) < 4.78 is 5.17. The largest absolute Gasteiger partial charge is 0.444 e. The van der Waals surface area contributed by atoms with Gasteiger partial charge in [-0.2, -0.15) is 0 Å². The average Bonchev–Trinajstić information content (AvgIpc) is 2.34. The first-order chi connectivity index (χ1) is 9.99. The minimum absolute atomic E-state index is 0.0862. The fourth-order valence-electron chi connectivity index (χ4n) is 2.63. The van der Waals surface area contributed by atoms with Crippen LogP contribution in [-0.4, -0.2) is 24.0 Å². The molecule has 1 amide bonds. The lowest BCUT2D eigenvalue weighted by Gasteiger charge is -2.26. The summed E-state index contributed by atoms with van der Waals surface area (Å²) in [5.41, 5.74) is -0.682. The number of Topliss-reactive ketones (excluding diaryl/α,β-unsaturated/α-hetero) is 1. The first kappa shape index (κ1) is 20.9. The summed E-state index contributed by atoms with van der Waals surface area (Å²) in [6.07, 6.45) is 4.28. The molecule has 4 heteroatoms. The molecule has 0 aromatic carbocycles. The van der Waals surface area contributed by atoms with E-state index < -0.39 is 5.60 Å². The highest BCUT2D eigenvalue weighted by molar-refractivity contribution is 5.85. The van der Waals surface area contributed by atoms with Crippen molar-refractivity contribution < 1.29 is 14.3 Å². The van der Waals surface area contributed by atoms with E-state index in [1.807, 2.05) is 41.5 Å². The van der Waals surface area contributed by atoms with Crippen LogP contribution in [0.15, 0.2) is 0 Å². The molecule has 0 aliphatic carbocycles. The number of nitrogens with one attached hydrogen (secondary N) is 1. The van der Waals surface area contributed by atoms with E-state index in [2.05, 4.69) is 12.2 Å². The monoisotopic (exact) mass is 313 g/mol. The van der Waals surface area contributed by atoms with Gasteiger partial charge < -0.3 is 10.1 Å². The van der Waals surface area contributed by atoms with Crippen LogP contribution in [0, 0.1) is 11.3 Å². The Morgan fingerprint density at radius 1 is 1.09 bits per heavy atom. The van der Waals surface area contributed by atoms with Crippen molar-refractivity contribution in [3.05, 3.63) is 0 Å². The summed E-state index contributed by atoms with van der Waals surface area (Å²) in [6.45, 7) is 14.3. The van der Waals surface area contributed by atoms with E-state index in [0.717, 1.165) is 32.1 Å². The number of hydrogen-bond acceptors (Lipinski definition) is 3. The Hall–Kier alpha value is -1.06. The zero-order valence-electron chi connectivity index (χ0n) is 15.5. The lowest BCUT2D eigenvalue weighted by atomic mass is 9.77. The van der Waals surface area contributed by atoms with Crippen molar-refractivity contribution in [3.8, 4) is 0 Å². The third-order valence-corrected chi connectivity index (χ3v) is 3.72. The zero-order valence-corrected chi connectivity index (χ0v) is 15.5. The first-order valence-corrected chi connectivity index (χ1v) is 8.50. The van der Waals surface area contributed by atoms with Gasteiger partial charge in [-0.3, -0.25) is 4.79 Å². The predicted molar refractivity (Wildman–Crippen MR) is 90.9 cm³/mol. The van der Waals surface area contributed by atoms with Crippen molar-refractivity contribution >= 4 is 11.9 Å². The summed E-state index contributed by atoms with van der Waals surface area (Å²) in [7, 11) is 0.